The van der Waals surface area contributed by atoms with Crippen LogP contribution < -0.4 is 5.73 Å². The largest absolute Gasteiger partial charge is 0.339 e. The first kappa shape index (κ1) is 13.8. The summed E-state index contributed by atoms with van der Waals surface area (Å²) < 4.78 is 0.179. The lowest BCUT2D eigenvalue weighted by molar-refractivity contribution is -0.133. The lowest BCUT2D eigenvalue weighted by Crippen LogP contribution is -2.51. The molecule has 1 atom stereocenters. The number of carbonyl (C=O) groups is 1. The highest BCUT2D eigenvalue weighted by molar-refractivity contribution is 8.00. The van der Waals surface area contributed by atoms with Crippen LogP contribution in [0.3, 0.4) is 0 Å². The van der Waals surface area contributed by atoms with Gasteiger partial charge in [0.05, 0.1) is 6.04 Å². The van der Waals surface area contributed by atoms with Gasteiger partial charge in [0, 0.05) is 23.6 Å². The fourth-order valence-electron chi connectivity index (χ4n) is 1.99. The molecule has 0 aromatic carbocycles. The molecular formula is C12H24N2OS. The van der Waals surface area contributed by atoms with E-state index in [0.717, 1.165) is 38.1 Å². The van der Waals surface area contributed by atoms with Crippen LogP contribution in [0.1, 0.15) is 40.0 Å². The first-order chi connectivity index (χ1) is 7.46. The van der Waals surface area contributed by atoms with E-state index in [4.69, 9.17) is 5.73 Å². The molecule has 0 aromatic rings. The average Bonchev–Trinajstić information content (AvgIpc) is 2.23. The van der Waals surface area contributed by atoms with E-state index in [1.165, 1.54) is 0 Å². The summed E-state index contributed by atoms with van der Waals surface area (Å²) in [5.41, 5.74) is 5.92. The Hall–Kier alpha value is -0.220. The van der Waals surface area contributed by atoms with Crippen molar-refractivity contribution in [2.24, 2.45) is 5.73 Å². The normalized spacial score (nSPS) is 21.9. The molecule has 1 rings (SSSR count). The predicted molar refractivity (Wildman–Crippen MR) is 70.6 cm³/mol. The van der Waals surface area contributed by atoms with Gasteiger partial charge in [-0.2, -0.15) is 11.8 Å². The Morgan fingerprint density at radius 2 is 2.25 bits per heavy atom. The second kappa shape index (κ2) is 5.92. The Morgan fingerprint density at radius 3 is 2.81 bits per heavy atom. The zero-order chi connectivity index (χ0) is 12.2. The van der Waals surface area contributed by atoms with E-state index in [0.29, 0.717) is 0 Å². The highest BCUT2D eigenvalue weighted by atomic mass is 32.2. The number of carbonyl (C=O) groups excluding carboxylic acids is 1. The monoisotopic (exact) mass is 244 g/mol. The SMILES string of the molecule is CCCCC(N)C(=O)N1CCSC(C)(C)C1. The lowest BCUT2D eigenvalue weighted by atomic mass is 10.1. The maximum absolute atomic E-state index is 12.1. The molecule has 2 N–H and O–H groups in total. The summed E-state index contributed by atoms with van der Waals surface area (Å²) in [6.07, 6.45) is 2.96. The van der Waals surface area contributed by atoms with Gasteiger partial charge in [-0.15, -0.1) is 0 Å². The Bertz CT molecular complexity index is 243. The molecule has 1 amide bonds. The van der Waals surface area contributed by atoms with E-state index in [1.54, 1.807) is 0 Å². The minimum absolute atomic E-state index is 0.141. The van der Waals surface area contributed by atoms with Gasteiger partial charge in [-0.3, -0.25) is 4.79 Å². The summed E-state index contributed by atoms with van der Waals surface area (Å²) in [7, 11) is 0. The van der Waals surface area contributed by atoms with Gasteiger partial charge in [0.15, 0.2) is 0 Å². The van der Waals surface area contributed by atoms with Crippen LogP contribution in [-0.2, 0) is 4.79 Å². The highest BCUT2D eigenvalue weighted by Crippen LogP contribution is 2.29. The molecule has 1 unspecified atom stereocenters. The molecule has 16 heavy (non-hydrogen) atoms. The summed E-state index contributed by atoms with van der Waals surface area (Å²) in [6, 6.07) is -0.293. The van der Waals surface area contributed by atoms with Gasteiger partial charge >= 0.3 is 0 Å². The van der Waals surface area contributed by atoms with E-state index >= 15 is 0 Å². The molecule has 1 aliphatic heterocycles. The van der Waals surface area contributed by atoms with E-state index in [2.05, 4.69) is 20.8 Å². The summed E-state index contributed by atoms with van der Waals surface area (Å²) in [6.45, 7) is 8.18. The van der Waals surface area contributed by atoms with Crippen molar-refractivity contribution in [3.05, 3.63) is 0 Å². The minimum atomic E-state index is -0.293. The average molecular weight is 244 g/mol. The molecule has 1 aliphatic rings. The van der Waals surface area contributed by atoms with Gasteiger partial charge in [-0.05, 0) is 20.3 Å². The molecule has 0 bridgehead atoms. The zero-order valence-electron chi connectivity index (χ0n) is 10.7. The van der Waals surface area contributed by atoms with E-state index in [-0.39, 0.29) is 16.7 Å². The molecule has 0 spiro atoms. The van der Waals surface area contributed by atoms with Crippen LogP contribution in [0.4, 0.5) is 0 Å². The first-order valence-corrected chi connectivity index (χ1v) is 7.13. The number of hydrogen-bond acceptors (Lipinski definition) is 3. The number of hydrogen-bond donors (Lipinski definition) is 1. The number of rotatable bonds is 4. The topological polar surface area (TPSA) is 46.3 Å². The molecule has 1 heterocycles. The van der Waals surface area contributed by atoms with Crippen molar-refractivity contribution >= 4 is 17.7 Å². The summed E-state index contributed by atoms with van der Waals surface area (Å²) in [4.78, 5) is 14.0. The number of thioether (sulfide) groups is 1. The van der Waals surface area contributed by atoms with Crippen molar-refractivity contribution in [1.29, 1.82) is 0 Å². The fourth-order valence-corrected chi connectivity index (χ4v) is 3.10. The molecular weight excluding hydrogens is 220 g/mol. The van der Waals surface area contributed by atoms with E-state index in [9.17, 15) is 4.79 Å². The minimum Gasteiger partial charge on any atom is -0.339 e. The quantitative estimate of drug-likeness (QED) is 0.821. The van der Waals surface area contributed by atoms with Crippen LogP contribution in [0.25, 0.3) is 0 Å². The van der Waals surface area contributed by atoms with Crippen molar-refractivity contribution in [1.82, 2.24) is 4.90 Å². The second-order valence-corrected chi connectivity index (χ2v) is 6.92. The molecule has 0 radical (unpaired) electrons. The van der Waals surface area contributed by atoms with Gasteiger partial charge in [0.25, 0.3) is 0 Å². The Morgan fingerprint density at radius 1 is 1.56 bits per heavy atom. The molecule has 94 valence electrons. The van der Waals surface area contributed by atoms with Crippen molar-refractivity contribution in [2.45, 2.75) is 50.8 Å². The van der Waals surface area contributed by atoms with Crippen LogP contribution >= 0.6 is 11.8 Å². The number of nitrogens with zero attached hydrogens (tertiary/aromatic N) is 1. The summed E-state index contributed by atoms with van der Waals surface area (Å²) in [5.74, 6) is 1.17. The standard InChI is InChI=1S/C12H24N2OS/c1-4-5-6-10(13)11(15)14-7-8-16-12(2,3)9-14/h10H,4-9,13H2,1-3H3. The van der Waals surface area contributed by atoms with Gasteiger partial charge < -0.3 is 10.6 Å². The van der Waals surface area contributed by atoms with Crippen LogP contribution in [0.2, 0.25) is 0 Å². The molecule has 0 aliphatic carbocycles. The summed E-state index contributed by atoms with van der Waals surface area (Å²) >= 11 is 1.94. The highest BCUT2D eigenvalue weighted by Gasteiger charge is 2.31. The Balaban J connectivity index is 2.46. The smallest absolute Gasteiger partial charge is 0.239 e. The van der Waals surface area contributed by atoms with Crippen LogP contribution in [0.5, 0.6) is 0 Å². The van der Waals surface area contributed by atoms with Gasteiger partial charge in [-0.1, -0.05) is 19.8 Å². The number of unbranched alkanes of at least 4 members (excludes halogenated alkanes) is 1. The molecule has 0 saturated carbocycles. The van der Waals surface area contributed by atoms with Crippen molar-refractivity contribution in [3.8, 4) is 0 Å². The maximum Gasteiger partial charge on any atom is 0.239 e. The zero-order valence-corrected chi connectivity index (χ0v) is 11.5. The molecule has 4 heteroatoms. The Kier molecular flexibility index (Phi) is 5.12. The van der Waals surface area contributed by atoms with Crippen LogP contribution in [0.15, 0.2) is 0 Å². The van der Waals surface area contributed by atoms with Crippen LogP contribution in [0, 0.1) is 0 Å². The summed E-state index contributed by atoms with van der Waals surface area (Å²) in [5, 5.41) is 0. The molecule has 0 aromatic heterocycles. The lowest BCUT2D eigenvalue weighted by Gasteiger charge is -2.38. The number of nitrogens with two attached hydrogens (primary N) is 1. The number of amides is 1. The molecule has 1 saturated heterocycles. The van der Waals surface area contributed by atoms with E-state index < -0.39 is 0 Å². The van der Waals surface area contributed by atoms with Crippen LogP contribution in [-0.4, -0.2) is 40.4 Å². The van der Waals surface area contributed by atoms with E-state index in [1.807, 2.05) is 16.7 Å². The van der Waals surface area contributed by atoms with Gasteiger partial charge in [0.2, 0.25) is 5.91 Å². The third-order valence-electron chi connectivity index (χ3n) is 2.92. The predicted octanol–water partition coefficient (Wildman–Crippen LogP) is 1.86. The third kappa shape index (κ3) is 3.98. The second-order valence-electron chi connectivity index (χ2n) is 5.12. The maximum atomic E-state index is 12.1. The van der Waals surface area contributed by atoms with Crippen molar-refractivity contribution < 1.29 is 4.79 Å². The van der Waals surface area contributed by atoms with Gasteiger partial charge in [-0.25, -0.2) is 0 Å². The first-order valence-electron chi connectivity index (χ1n) is 6.14. The van der Waals surface area contributed by atoms with Crippen molar-refractivity contribution in [3.63, 3.8) is 0 Å². The fraction of sp³-hybridized carbons (Fsp3) is 0.917. The molecule has 3 nitrogen and oxygen atoms in total. The Labute approximate surface area is 103 Å². The molecule has 1 fully saturated rings. The van der Waals surface area contributed by atoms with Crippen molar-refractivity contribution in [2.75, 3.05) is 18.8 Å². The third-order valence-corrected chi connectivity index (χ3v) is 4.22. The van der Waals surface area contributed by atoms with Gasteiger partial charge in [0.1, 0.15) is 0 Å².